The Morgan fingerprint density at radius 2 is 1.79 bits per heavy atom. The predicted molar refractivity (Wildman–Crippen MR) is 61.6 cm³/mol. The van der Waals surface area contributed by atoms with Crippen molar-refractivity contribution in [2.75, 3.05) is 5.43 Å². The summed E-state index contributed by atoms with van der Waals surface area (Å²) in [6.07, 6.45) is 2.56. The first-order chi connectivity index (χ1) is 6.65. The van der Waals surface area contributed by atoms with Gasteiger partial charge in [-0.1, -0.05) is 17.7 Å². The molecule has 0 aliphatic rings. The molecule has 2 N–H and O–H groups in total. The molecule has 1 aromatic rings. The summed E-state index contributed by atoms with van der Waals surface area (Å²) in [4.78, 5) is 0. The predicted octanol–water partition coefficient (Wildman–Crippen LogP) is 2.66. The Morgan fingerprint density at radius 3 is 2.29 bits per heavy atom. The van der Waals surface area contributed by atoms with E-state index in [1.54, 1.807) is 0 Å². The smallest absolute Gasteiger partial charge is 0.0648 e. The topological polar surface area (TPSA) is 48.2 Å². The SMILES string of the molecule is Cc1cc(C)c(N/N=C\C=N)c(C)c1. The van der Waals surface area contributed by atoms with E-state index in [0.717, 1.165) is 11.9 Å². The lowest BCUT2D eigenvalue weighted by molar-refractivity contribution is 1.25. The highest BCUT2D eigenvalue weighted by atomic mass is 15.3. The van der Waals surface area contributed by atoms with Crippen molar-refractivity contribution in [1.29, 1.82) is 5.41 Å². The first-order valence-corrected chi connectivity index (χ1v) is 4.51. The number of rotatable bonds is 3. The van der Waals surface area contributed by atoms with Gasteiger partial charge in [-0.3, -0.25) is 5.43 Å². The molecule has 3 heteroatoms. The fourth-order valence-electron chi connectivity index (χ4n) is 1.50. The van der Waals surface area contributed by atoms with Crippen molar-refractivity contribution in [3.8, 4) is 0 Å². The van der Waals surface area contributed by atoms with E-state index in [0.29, 0.717) is 0 Å². The number of benzene rings is 1. The second kappa shape index (κ2) is 4.56. The first-order valence-electron chi connectivity index (χ1n) is 4.51. The Hall–Kier alpha value is -1.64. The number of nitrogens with one attached hydrogen (secondary N) is 2. The molecule has 0 bridgehead atoms. The Kier molecular flexibility index (Phi) is 3.40. The molecule has 3 nitrogen and oxygen atoms in total. The fourth-order valence-corrected chi connectivity index (χ4v) is 1.50. The summed E-state index contributed by atoms with van der Waals surface area (Å²) in [6, 6.07) is 4.21. The van der Waals surface area contributed by atoms with Crippen molar-refractivity contribution in [2.45, 2.75) is 20.8 Å². The molecule has 14 heavy (non-hydrogen) atoms. The van der Waals surface area contributed by atoms with Crippen LogP contribution in [-0.2, 0) is 0 Å². The van der Waals surface area contributed by atoms with Gasteiger partial charge in [0.1, 0.15) is 0 Å². The van der Waals surface area contributed by atoms with Crippen LogP contribution in [0.2, 0.25) is 0 Å². The van der Waals surface area contributed by atoms with Crippen LogP contribution in [0.25, 0.3) is 0 Å². The third kappa shape index (κ3) is 2.42. The maximum atomic E-state index is 6.80. The fraction of sp³-hybridized carbons (Fsp3) is 0.273. The van der Waals surface area contributed by atoms with Crippen molar-refractivity contribution in [2.24, 2.45) is 5.10 Å². The number of aryl methyl sites for hydroxylation is 3. The van der Waals surface area contributed by atoms with Crippen LogP contribution in [0.4, 0.5) is 5.69 Å². The van der Waals surface area contributed by atoms with Crippen LogP contribution in [-0.4, -0.2) is 12.4 Å². The molecule has 0 heterocycles. The van der Waals surface area contributed by atoms with Crippen molar-refractivity contribution in [3.63, 3.8) is 0 Å². The van der Waals surface area contributed by atoms with Gasteiger partial charge in [0.05, 0.1) is 11.9 Å². The van der Waals surface area contributed by atoms with E-state index >= 15 is 0 Å². The third-order valence-electron chi connectivity index (χ3n) is 2.00. The largest absolute Gasteiger partial charge is 0.307 e. The molecule has 0 aliphatic heterocycles. The quantitative estimate of drug-likeness (QED) is 0.557. The summed E-state index contributed by atoms with van der Waals surface area (Å²) in [6.45, 7) is 6.16. The van der Waals surface area contributed by atoms with Crippen LogP contribution >= 0.6 is 0 Å². The number of hydrazone groups is 1. The summed E-state index contributed by atoms with van der Waals surface area (Å²) in [5.74, 6) is 0. The van der Waals surface area contributed by atoms with Crippen LogP contribution in [0.15, 0.2) is 17.2 Å². The second-order valence-corrected chi connectivity index (χ2v) is 3.33. The lowest BCUT2D eigenvalue weighted by atomic mass is 10.1. The zero-order valence-electron chi connectivity index (χ0n) is 8.76. The standard InChI is InChI=1S/C11H15N3/c1-8-6-9(2)11(10(3)7-8)14-13-5-4-12/h4-7,12,14H,1-3H3/b12-4?,13-5-. The average Bonchev–Trinajstić information content (AvgIpc) is 2.09. The van der Waals surface area contributed by atoms with E-state index in [-0.39, 0.29) is 0 Å². The van der Waals surface area contributed by atoms with Gasteiger partial charge in [-0.05, 0) is 31.9 Å². The average molecular weight is 189 g/mol. The molecule has 1 aromatic carbocycles. The molecule has 0 spiro atoms. The van der Waals surface area contributed by atoms with Crippen LogP contribution in [0, 0.1) is 26.2 Å². The van der Waals surface area contributed by atoms with Gasteiger partial charge in [-0.25, -0.2) is 0 Å². The van der Waals surface area contributed by atoms with Gasteiger partial charge >= 0.3 is 0 Å². The molecule has 0 unspecified atom stereocenters. The normalized spacial score (nSPS) is 10.5. The van der Waals surface area contributed by atoms with Gasteiger partial charge < -0.3 is 5.41 Å². The van der Waals surface area contributed by atoms with Crippen molar-refractivity contribution in [1.82, 2.24) is 0 Å². The zero-order chi connectivity index (χ0) is 10.6. The van der Waals surface area contributed by atoms with Gasteiger partial charge in [0, 0.05) is 6.21 Å². The van der Waals surface area contributed by atoms with Crippen LogP contribution < -0.4 is 5.43 Å². The number of hydrogen-bond acceptors (Lipinski definition) is 3. The monoisotopic (exact) mass is 189 g/mol. The van der Waals surface area contributed by atoms with Gasteiger partial charge in [0.2, 0.25) is 0 Å². The maximum absolute atomic E-state index is 6.80. The molecule has 0 saturated heterocycles. The lowest BCUT2D eigenvalue weighted by Crippen LogP contribution is -1.96. The molecule has 0 aliphatic carbocycles. The molecule has 0 atom stereocenters. The Balaban J connectivity index is 2.96. The van der Waals surface area contributed by atoms with E-state index in [9.17, 15) is 0 Å². The van der Waals surface area contributed by atoms with E-state index in [1.807, 2.05) is 13.8 Å². The number of hydrogen-bond donors (Lipinski definition) is 2. The summed E-state index contributed by atoms with van der Waals surface area (Å²) < 4.78 is 0. The molecule has 1 rings (SSSR count). The van der Waals surface area contributed by atoms with Crippen molar-refractivity contribution >= 4 is 18.1 Å². The Labute approximate surface area is 84.4 Å². The van der Waals surface area contributed by atoms with E-state index in [4.69, 9.17) is 5.41 Å². The van der Waals surface area contributed by atoms with Crippen molar-refractivity contribution in [3.05, 3.63) is 28.8 Å². The summed E-state index contributed by atoms with van der Waals surface area (Å²) in [5.41, 5.74) is 7.54. The third-order valence-corrected chi connectivity index (χ3v) is 2.00. The molecular weight excluding hydrogens is 174 g/mol. The van der Waals surface area contributed by atoms with Crippen LogP contribution in [0.3, 0.4) is 0 Å². The van der Waals surface area contributed by atoms with Crippen molar-refractivity contribution < 1.29 is 0 Å². The Bertz CT molecular complexity index is 344. The highest BCUT2D eigenvalue weighted by Crippen LogP contribution is 2.21. The molecule has 0 aromatic heterocycles. The maximum Gasteiger partial charge on any atom is 0.0648 e. The Morgan fingerprint density at radius 1 is 1.21 bits per heavy atom. The lowest BCUT2D eigenvalue weighted by Gasteiger charge is -2.09. The van der Waals surface area contributed by atoms with Gasteiger partial charge in [-0.2, -0.15) is 5.10 Å². The number of nitrogens with zero attached hydrogens (tertiary/aromatic N) is 1. The van der Waals surface area contributed by atoms with E-state index in [1.165, 1.54) is 22.9 Å². The molecule has 0 fully saturated rings. The highest BCUT2D eigenvalue weighted by Gasteiger charge is 2.01. The minimum Gasteiger partial charge on any atom is -0.307 e. The summed E-state index contributed by atoms with van der Waals surface area (Å²) in [5, 5.41) is 10.7. The molecule has 0 radical (unpaired) electrons. The van der Waals surface area contributed by atoms with Gasteiger partial charge in [-0.15, -0.1) is 0 Å². The van der Waals surface area contributed by atoms with E-state index < -0.39 is 0 Å². The van der Waals surface area contributed by atoms with Crippen LogP contribution in [0.1, 0.15) is 16.7 Å². The molecule has 0 amide bonds. The minimum absolute atomic E-state index is 1.02. The second-order valence-electron chi connectivity index (χ2n) is 3.33. The van der Waals surface area contributed by atoms with Gasteiger partial charge in [0.15, 0.2) is 0 Å². The molecular formula is C11H15N3. The molecule has 0 saturated carbocycles. The van der Waals surface area contributed by atoms with Gasteiger partial charge in [0.25, 0.3) is 0 Å². The number of anilines is 1. The minimum atomic E-state index is 1.02. The zero-order valence-corrected chi connectivity index (χ0v) is 8.76. The van der Waals surface area contributed by atoms with Crippen LogP contribution in [0.5, 0.6) is 0 Å². The first kappa shape index (κ1) is 10.4. The summed E-state index contributed by atoms with van der Waals surface area (Å²) in [7, 11) is 0. The highest BCUT2D eigenvalue weighted by molar-refractivity contribution is 6.14. The molecule has 74 valence electrons. The summed E-state index contributed by atoms with van der Waals surface area (Å²) >= 11 is 0. The van der Waals surface area contributed by atoms with E-state index in [2.05, 4.69) is 29.6 Å².